The predicted molar refractivity (Wildman–Crippen MR) is 124 cm³/mol. The molecule has 0 radical (unpaired) electrons. The maximum atomic E-state index is 13.3. The second-order valence-electron chi connectivity index (χ2n) is 6.46. The van der Waals surface area contributed by atoms with E-state index in [1.807, 2.05) is 61.5 Å². The molecule has 4 rings (SSSR count). The van der Waals surface area contributed by atoms with E-state index in [9.17, 15) is 4.79 Å². The zero-order valence-electron chi connectivity index (χ0n) is 15.5. The van der Waals surface area contributed by atoms with Crippen molar-refractivity contribution in [3.8, 4) is 0 Å². The Balaban J connectivity index is 1.78. The number of rotatable bonds is 3. The molecule has 0 unspecified atom stereocenters. The van der Waals surface area contributed by atoms with Gasteiger partial charge in [0.2, 0.25) is 0 Å². The van der Waals surface area contributed by atoms with Crippen LogP contribution in [0.3, 0.4) is 0 Å². The van der Waals surface area contributed by atoms with Gasteiger partial charge in [0, 0.05) is 10.0 Å². The molecule has 144 valence electrons. The zero-order chi connectivity index (χ0) is 20.4. The summed E-state index contributed by atoms with van der Waals surface area (Å²) in [5, 5.41) is 1.83. The number of anilines is 1. The standard InChI is InChI=1S/C23H16Cl2N2OS/c1-15-4-2-3-5-16(15)14-21-22(28)27(20-12-8-18(25)9-13-20)23(29-21)26-19-10-6-17(24)7-11-19/h2-14H,1H3/b21-14+,26-23?. The Morgan fingerprint density at radius 3 is 2.17 bits per heavy atom. The van der Waals surface area contributed by atoms with Crippen molar-refractivity contribution in [3.05, 3.63) is 98.9 Å². The molecule has 3 aromatic carbocycles. The summed E-state index contributed by atoms with van der Waals surface area (Å²) in [6, 6.07) is 22.3. The number of amides is 1. The summed E-state index contributed by atoms with van der Waals surface area (Å²) >= 11 is 13.4. The number of carbonyl (C=O) groups is 1. The monoisotopic (exact) mass is 438 g/mol. The number of amidine groups is 1. The van der Waals surface area contributed by atoms with Crippen LogP contribution in [0.5, 0.6) is 0 Å². The highest BCUT2D eigenvalue weighted by Crippen LogP contribution is 2.38. The van der Waals surface area contributed by atoms with Crippen LogP contribution in [-0.4, -0.2) is 11.1 Å². The number of halogens is 2. The van der Waals surface area contributed by atoms with E-state index in [1.54, 1.807) is 29.2 Å². The average Bonchev–Trinajstić information content (AvgIpc) is 3.01. The van der Waals surface area contributed by atoms with Gasteiger partial charge in [-0.15, -0.1) is 0 Å². The first-order valence-corrected chi connectivity index (χ1v) is 10.5. The van der Waals surface area contributed by atoms with E-state index in [0.717, 1.165) is 16.8 Å². The van der Waals surface area contributed by atoms with E-state index in [0.29, 0.717) is 25.8 Å². The van der Waals surface area contributed by atoms with E-state index in [-0.39, 0.29) is 5.91 Å². The van der Waals surface area contributed by atoms with Gasteiger partial charge in [-0.05, 0) is 84.4 Å². The van der Waals surface area contributed by atoms with Crippen molar-refractivity contribution in [3.63, 3.8) is 0 Å². The molecule has 1 amide bonds. The minimum atomic E-state index is -0.117. The van der Waals surface area contributed by atoms with Gasteiger partial charge in [-0.25, -0.2) is 4.99 Å². The predicted octanol–water partition coefficient (Wildman–Crippen LogP) is 7.11. The fraction of sp³-hybridized carbons (Fsp3) is 0.0435. The molecule has 1 aliphatic heterocycles. The number of hydrogen-bond donors (Lipinski definition) is 0. The van der Waals surface area contributed by atoms with Crippen LogP contribution in [0.2, 0.25) is 10.0 Å². The Labute approximate surface area is 183 Å². The summed E-state index contributed by atoms with van der Waals surface area (Å²) in [7, 11) is 0. The van der Waals surface area contributed by atoms with Crippen molar-refractivity contribution in [2.24, 2.45) is 4.99 Å². The fourth-order valence-corrected chi connectivity index (χ4v) is 4.13. The van der Waals surface area contributed by atoms with E-state index < -0.39 is 0 Å². The second-order valence-corrected chi connectivity index (χ2v) is 8.34. The maximum absolute atomic E-state index is 13.3. The summed E-state index contributed by atoms with van der Waals surface area (Å²) in [6.45, 7) is 2.02. The molecular weight excluding hydrogens is 423 g/mol. The third-order valence-corrected chi connectivity index (χ3v) is 5.89. The molecule has 29 heavy (non-hydrogen) atoms. The summed E-state index contributed by atoms with van der Waals surface area (Å²) in [5.41, 5.74) is 3.55. The molecule has 0 bridgehead atoms. The minimum Gasteiger partial charge on any atom is -0.268 e. The average molecular weight is 439 g/mol. The number of aryl methyl sites for hydroxylation is 1. The number of hydrogen-bond acceptors (Lipinski definition) is 3. The number of thioether (sulfide) groups is 1. The number of carbonyl (C=O) groups excluding carboxylic acids is 1. The maximum Gasteiger partial charge on any atom is 0.271 e. The molecular formula is C23H16Cl2N2OS. The first-order chi connectivity index (χ1) is 14.0. The van der Waals surface area contributed by atoms with Crippen molar-refractivity contribution in [1.29, 1.82) is 0 Å². The Kier molecular flexibility index (Phi) is 5.76. The van der Waals surface area contributed by atoms with Gasteiger partial charge in [-0.2, -0.15) is 0 Å². The molecule has 0 spiro atoms. The van der Waals surface area contributed by atoms with Gasteiger partial charge in [0.15, 0.2) is 5.17 Å². The van der Waals surface area contributed by atoms with E-state index in [4.69, 9.17) is 28.2 Å². The van der Waals surface area contributed by atoms with Crippen LogP contribution in [0, 0.1) is 6.92 Å². The Hall–Kier alpha value is -2.53. The number of benzene rings is 3. The molecule has 1 heterocycles. The molecule has 1 saturated heterocycles. The summed E-state index contributed by atoms with van der Waals surface area (Å²) in [6.07, 6.45) is 1.91. The summed E-state index contributed by atoms with van der Waals surface area (Å²) < 4.78 is 0. The van der Waals surface area contributed by atoms with Crippen LogP contribution in [-0.2, 0) is 4.79 Å². The highest BCUT2D eigenvalue weighted by molar-refractivity contribution is 8.19. The lowest BCUT2D eigenvalue weighted by Crippen LogP contribution is -2.28. The smallest absolute Gasteiger partial charge is 0.268 e. The van der Waals surface area contributed by atoms with Crippen LogP contribution in [0.15, 0.2) is 82.7 Å². The molecule has 0 aromatic heterocycles. The van der Waals surface area contributed by atoms with Crippen LogP contribution < -0.4 is 4.90 Å². The van der Waals surface area contributed by atoms with Gasteiger partial charge in [0.25, 0.3) is 5.91 Å². The molecule has 3 nitrogen and oxygen atoms in total. The lowest BCUT2D eigenvalue weighted by atomic mass is 10.1. The van der Waals surface area contributed by atoms with Crippen molar-refractivity contribution in [2.45, 2.75) is 6.92 Å². The highest BCUT2D eigenvalue weighted by Gasteiger charge is 2.34. The zero-order valence-corrected chi connectivity index (χ0v) is 17.8. The SMILES string of the molecule is Cc1ccccc1/C=C1/SC(=Nc2ccc(Cl)cc2)N(c2ccc(Cl)cc2)C1=O. The van der Waals surface area contributed by atoms with E-state index >= 15 is 0 Å². The van der Waals surface area contributed by atoms with Gasteiger partial charge < -0.3 is 0 Å². The highest BCUT2D eigenvalue weighted by atomic mass is 35.5. The van der Waals surface area contributed by atoms with E-state index in [1.165, 1.54) is 11.8 Å². The van der Waals surface area contributed by atoms with Crippen molar-refractivity contribution >= 4 is 63.5 Å². The largest absolute Gasteiger partial charge is 0.271 e. The molecule has 3 aromatic rings. The van der Waals surface area contributed by atoms with Crippen molar-refractivity contribution in [2.75, 3.05) is 4.90 Å². The van der Waals surface area contributed by atoms with Crippen molar-refractivity contribution in [1.82, 2.24) is 0 Å². The molecule has 1 fully saturated rings. The van der Waals surface area contributed by atoms with Crippen molar-refractivity contribution < 1.29 is 4.79 Å². The first-order valence-electron chi connectivity index (χ1n) is 8.91. The van der Waals surface area contributed by atoms with Crippen LogP contribution in [0.4, 0.5) is 11.4 Å². The Bertz CT molecular complexity index is 1120. The van der Waals surface area contributed by atoms with Gasteiger partial charge in [-0.1, -0.05) is 47.5 Å². The lowest BCUT2D eigenvalue weighted by molar-refractivity contribution is -0.113. The topological polar surface area (TPSA) is 32.7 Å². The quantitative estimate of drug-likeness (QED) is 0.408. The van der Waals surface area contributed by atoms with Gasteiger partial charge in [0.1, 0.15) is 0 Å². The van der Waals surface area contributed by atoms with Crippen LogP contribution >= 0.6 is 35.0 Å². The van der Waals surface area contributed by atoms with E-state index in [2.05, 4.69) is 0 Å². The summed E-state index contributed by atoms with van der Waals surface area (Å²) in [5.74, 6) is -0.117. The fourth-order valence-electron chi connectivity index (χ4n) is 2.88. The molecule has 6 heteroatoms. The number of nitrogens with zero attached hydrogens (tertiary/aromatic N) is 2. The third kappa shape index (κ3) is 4.40. The second kappa shape index (κ2) is 8.46. The molecule has 0 saturated carbocycles. The van der Waals surface area contributed by atoms with Crippen LogP contribution in [0.1, 0.15) is 11.1 Å². The first kappa shape index (κ1) is 19.8. The molecule has 1 aliphatic rings. The van der Waals surface area contributed by atoms with Gasteiger partial charge in [0.05, 0.1) is 16.3 Å². The molecule has 0 aliphatic carbocycles. The van der Waals surface area contributed by atoms with Gasteiger partial charge in [-0.3, -0.25) is 9.69 Å². The Morgan fingerprint density at radius 1 is 0.897 bits per heavy atom. The number of aliphatic imine (C=N–C) groups is 1. The Morgan fingerprint density at radius 2 is 1.52 bits per heavy atom. The lowest BCUT2D eigenvalue weighted by Gasteiger charge is -2.15. The van der Waals surface area contributed by atoms with Gasteiger partial charge >= 0.3 is 0 Å². The summed E-state index contributed by atoms with van der Waals surface area (Å²) in [4.78, 5) is 20.2. The molecule has 0 atom stereocenters. The third-order valence-electron chi connectivity index (χ3n) is 4.42. The molecule has 0 N–H and O–H groups in total. The normalized spacial score (nSPS) is 16.8. The van der Waals surface area contributed by atoms with Crippen LogP contribution in [0.25, 0.3) is 6.08 Å². The minimum absolute atomic E-state index is 0.117.